The van der Waals surface area contributed by atoms with E-state index in [1.807, 2.05) is 18.2 Å². The number of allylic oxidation sites excluding steroid dienone is 2. The van der Waals surface area contributed by atoms with E-state index in [2.05, 4.69) is 6.08 Å². The van der Waals surface area contributed by atoms with E-state index in [4.69, 9.17) is 5.73 Å². The van der Waals surface area contributed by atoms with Crippen LogP contribution in [0.4, 0.5) is 0 Å². The van der Waals surface area contributed by atoms with Gasteiger partial charge in [0, 0.05) is 5.56 Å². The van der Waals surface area contributed by atoms with Crippen LogP contribution in [0.3, 0.4) is 0 Å². The SMILES string of the molecule is NC(=O)Cc1ccc2c(c1)CCC(=CC1CCCC1)C2=O. The summed E-state index contributed by atoms with van der Waals surface area (Å²) in [4.78, 5) is 23.6. The fraction of sp³-hybridized carbons (Fsp3) is 0.444. The predicted octanol–water partition coefficient (Wildman–Crippen LogP) is 2.96. The summed E-state index contributed by atoms with van der Waals surface area (Å²) in [6, 6.07) is 5.67. The van der Waals surface area contributed by atoms with Gasteiger partial charge in [0.05, 0.1) is 6.42 Å². The van der Waals surface area contributed by atoms with E-state index in [0.717, 1.165) is 35.1 Å². The van der Waals surface area contributed by atoms with Crippen LogP contribution in [-0.2, 0) is 17.6 Å². The molecule has 1 aromatic rings. The van der Waals surface area contributed by atoms with Crippen LogP contribution in [0.25, 0.3) is 0 Å². The molecule has 21 heavy (non-hydrogen) atoms. The van der Waals surface area contributed by atoms with E-state index in [1.165, 1.54) is 25.7 Å². The number of benzene rings is 1. The van der Waals surface area contributed by atoms with Crippen LogP contribution in [-0.4, -0.2) is 11.7 Å². The van der Waals surface area contributed by atoms with E-state index in [9.17, 15) is 9.59 Å². The molecule has 110 valence electrons. The molecule has 0 radical (unpaired) electrons. The second-order valence-corrected chi connectivity index (χ2v) is 6.20. The Morgan fingerprint density at radius 1 is 1.24 bits per heavy atom. The molecule has 3 heteroatoms. The minimum Gasteiger partial charge on any atom is -0.369 e. The van der Waals surface area contributed by atoms with Gasteiger partial charge in [0.25, 0.3) is 0 Å². The van der Waals surface area contributed by atoms with Crippen LogP contribution in [0, 0.1) is 5.92 Å². The van der Waals surface area contributed by atoms with Crippen molar-refractivity contribution in [3.63, 3.8) is 0 Å². The van der Waals surface area contributed by atoms with Crippen molar-refractivity contribution < 1.29 is 9.59 Å². The van der Waals surface area contributed by atoms with Crippen molar-refractivity contribution in [2.75, 3.05) is 0 Å². The zero-order chi connectivity index (χ0) is 14.8. The molecule has 1 fully saturated rings. The Morgan fingerprint density at radius 3 is 2.71 bits per heavy atom. The molecule has 3 nitrogen and oxygen atoms in total. The number of amides is 1. The maximum atomic E-state index is 12.6. The van der Waals surface area contributed by atoms with Gasteiger partial charge in [-0.25, -0.2) is 0 Å². The number of carbonyl (C=O) groups is 2. The topological polar surface area (TPSA) is 60.2 Å². The van der Waals surface area contributed by atoms with Crippen molar-refractivity contribution in [3.8, 4) is 0 Å². The third-order valence-electron chi connectivity index (χ3n) is 4.58. The summed E-state index contributed by atoms with van der Waals surface area (Å²) in [5.41, 5.74) is 8.97. The molecule has 3 rings (SSSR count). The first-order chi connectivity index (χ1) is 10.1. The summed E-state index contributed by atoms with van der Waals surface area (Å²) < 4.78 is 0. The van der Waals surface area contributed by atoms with Gasteiger partial charge in [-0.05, 0) is 48.3 Å². The third kappa shape index (κ3) is 3.07. The molecule has 0 heterocycles. The second-order valence-electron chi connectivity index (χ2n) is 6.20. The van der Waals surface area contributed by atoms with E-state index in [1.54, 1.807) is 0 Å². The summed E-state index contributed by atoms with van der Waals surface area (Å²) in [7, 11) is 0. The normalized spacial score (nSPS) is 20.8. The highest BCUT2D eigenvalue weighted by Gasteiger charge is 2.24. The summed E-state index contributed by atoms with van der Waals surface area (Å²) >= 11 is 0. The van der Waals surface area contributed by atoms with Crippen molar-refractivity contribution in [2.45, 2.75) is 44.9 Å². The van der Waals surface area contributed by atoms with Gasteiger partial charge in [-0.2, -0.15) is 0 Å². The molecule has 0 bridgehead atoms. The molecule has 2 N–H and O–H groups in total. The second kappa shape index (κ2) is 5.84. The highest BCUT2D eigenvalue weighted by Crippen LogP contribution is 2.31. The van der Waals surface area contributed by atoms with Gasteiger partial charge in [-0.3, -0.25) is 9.59 Å². The predicted molar refractivity (Wildman–Crippen MR) is 82.0 cm³/mol. The number of hydrogen-bond donors (Lipinski definition) is 1. The number of ketones is 1. The lowest BCUT2D eigenvalue weighted by Crippen LogP contribution is -2.17. The number of Topliss-reactive ketones (excluding diaryl/α,β-unsaturated/α-hetero) is 1. The Morgan fingerprint density at radius 2 is 2.00 bits per heavy atom. The van der Waals surface area contributed by atoms with Gasteiger partial charge in [-0.15, -0.1) is 0 Å². The summed E-state index contributed by atoms with van der Waals surface area (Å²) in [6.45, 7) is 0. The number of primary amides is 1. The van der Waals surface area contributed by atoms with Crippen LogP contribution in [0.1, 0.15) is 53.6 Å². The van der Waals surface area contributed by atoms with Crippen LogP contribution in [0.2, 0.25) is 0 Å². The number of hydrogen-bond acceptors (Lipinski definition) is 2. The molecule has 1 saturated carbocycles. The molecule has 2 aliphatic carbocycles. The molecular weight excluding hydrogens is 262 g/mol. The van der Waals surface area contributed by atoms with Gasteiger partial charge in [0.15, 0.2) is 5.78 Å². The summed E-state index contributed by atoms with van der Waals surface area (Å²) in [6.07, 6.45) is 9.18. The largest absolute Gasteiger partial charge is 0.369 e. The molecule has 0 aliphatic heterocycles. The minimum atomic E-state index is -0.334. The number of nitrogens with two attached hydrogens (primary N) is 1. The lowest BCUT2D eigenvalue weighted by atomic mass is 9.84. The van der Waals surface area contributed by atoms with Gasteiger partial charge < -0.3 is 5.73 Å². The molecular formula is C18H21NO2. The van der Waals surface area contributed by atoms with Crippen molar-refractivity contribution in [1.29, 1.82) is 0 Å². The van der Waals surface area contributed by atoms with Crippen LogP contribution >= 0.6 is 0 Å². The zero-order valence-electron chi connectivity index (χ0n) is 12.2. The molecule has 1 amide bonds. The first kappa shape index (κ1) is 14.1. The zero-order valence-corrected chi connectivity index (χ0v) is 12.2. The number of aryl methyl sites for hydroxylation is 1. The van der Waals surface area contributed by atoms with Gasteiger partial charge in [0.2, 0.25) is 5.91 Å². The summed E-state index contributed by atoms with van der Waals surface area (Å²) in [5.74, 6) is 0.437. The van der Waals surface area contributed by atoms with Crippen LogP contribution in [0.5, 0.6) is 0 Å². The minimum absolute atomic E-state index is 0.175. The van der Waals surface area contributed by atoms with Crippen molar-refractivity contribution in [2.24, 2.45) is 11.7 Å². The average molecular weight is 283 g/mol. The van der Waals surface area contributed by atoms with E-state index >= 15 is 0 Å². The Labute approximate surface area is 125 Å². The molecule has 2 aliphatic rings. The fourth-order valence-corrected chi connectivity index (χ4v) is 3.51. The Kier molecular flexibility index (Phi) is 3.91. The highest BCUT2D eigenvalue weighted by atomic mass is 16.1. The Balaban J connectivity index is 1.83. The fourth-order valence-electron chi connectivity index (χ4n) is 3.51. The molecule has 0 unspecified atom stereocenters. The number of fused-ring (bicyclic) bond motifs is 1. The summed E-state index contributed by atoms with van der Waals surface area (Å²) in [5, 5.41) is 0. The van der Waals surface area contributed by atoms with Gasteiger partial charge in [-0.1, -0.05) is 37.1 Å². The first-order valence-corrected chi connectivity index (χ1v) is 7.79. The van der Waals surface area contributed by atoms with E-state index in [-0.39, 0.29) is 18.1 Å². The van der Waals surface area contributed by atoms with Gasteiger partial charge in [0.1, 0.15) is 0 Å². The lowest BCUT2D eigenvalue weighted by molar-refractivity contribution is -0.117. The Hall–Kier alpha value is -1.90. The van der Waals surface area contributed by atoms with Crippen molar-refractivity contribution >= 4 is 11.7 Å². The van der Waals surface area contributed by atoms with Crippen molar-refractivity contribution in [3.05, 3.63) is 46.5 Å². The molecule has 0 spiro atoms. The molecule has 0 aromatic heterocycles. The quantitative estimate of drug-likeness (QED) is 0.867. The maximum Gasteiger partial charge on any atom is 0.221 e. The first-order valence-electron chi connectivity index (χ1n) is 7.79. The molecule has 0 atom stereocenters. The van der Waals surface area contributed by atoms with Crippen LogP contribution in [0.15, 0.2) is 29.8 Å². The monoisotopic (exact) mass is 283 g/mol. The van der Waals surface area contributed by atoms with Crippen LogP contribution < -0.4 is 5.73 Å². The average Bonchev–Trinajstić information content (AvgIpc) is 2.94. The Bertz CT molecular complexity index is 610. The smallest absolute Gasteiger partial charge is 0.221 e. The van der Waals surface area contributed by atoms with Gasteiger partial charge >= 0.3 is 0 Å². The number of carbonyl (C=O) groups excluding carboxylic acids is 2. The van der Waals surface area contributed by atoms with Crippen molar-refractivity contribution in [1.82, 2.24) is 0 Å². The maximum absolute atomic E-state index is 12.6. The third-order valence-corrected chi connectivity index (χ3v) is 4.58. The van der Waals surface area contributed by atoms with E-state index in [0.29, 0.717) is 5.92 Å². The lowest BCUT2D eigenvalue weighted by Gasteiger charge is -2.19. The molecule has 1 aromatic carbocycles. The highest BCUT2D eigenvalue weighted by molar-refractivity contribution is 6.10. The van der Waals surface area contributed by atoms with E-state index < -0.39 is 0 Å². The number of rotatable bonds is 3. The standard InChI is InChI=1S/C18H21NO2/c19-17(20)11-13-5-8-16-14(10-13)6-7-15(18(16)21)9-12-3-1-2-4-12/h5,8-10,12H,1-4,6-7,11H2,(H2,19,20). The molecule has 0 saturated heterocycles.